The second kappa shape index (κ2) is 3.91. The van der Waals surface area contributed by atoms with Gasteiger partial charge in [-0.25, -0.2) is 0 Å². The summed E-state index contributed by atoms with van der Waals surface area (Å²) in [5.41, 5.74) is 3.00. The van der Waals surface area contributed by atoms with E-state index in [1.807, 2.05) is 31.2 Å². The van der Waals surface area contributed by atoms with Crippen LogP contribution in [0.1, 0.15) is 37.8 Å². The van der Waals surface area contributed by atoms with Crippen molar-refractivity contribution in [2.24, 2.45) is 0 Å². The Morgan fingerprint density at radius 2 is 1.28 bits per heavy atom. The SMILES string of the molecule is Cc1ccc(C2C(=O)c3ccccc3C2=O)cc1. The quantitative estimate of drug-likeness (QED) is 0.713. The van der Waals surface area contributed by atoms with Crippen LogP contribution in [0.4, 0.5) is 0 Å². The van der Waals surface area contributed by atoms with Gasteiger partial charge in [0.2, 0.25) is 0 Å². The highest BCUT2D eigenvalue weighted by Gasteiger charge is 2.38. The number of hydrogen-bond donors (Lipinski definition) is 0. The van der Waals surface area contributed by atoms with Crippen LogP contribution in [-0.4, -0.2) is 11.6 Å². The van der Waals surface area contributed by atoms with E-state index in [0.717, 1.165) is 11.1 Å². The van der Waals surface area contributed by atoms with Crippen LogP contribution in [0.25, 0.3) is 0 Å². The van der Waals surface area contributed by atoms with Gasteiger partial charge in [-0.05, 0) is 12.5 Å². The number of hydrogen-bond acceptors (Lipinski definition) is 2. The van der Waals surface area contributed by atoms with Gasteiger partial charge in [-0.15, -0.1) is 0 Å². The van der Waals surface area contributed by atoms with Crippen molar-refractivity contribution in [3.63, 3.8) is 0 Å². The summed E-state index contributed by atoms with van der Waals surface area (Å²) in [6.07, 6.45) is 0. The zero-order valence-electron chi connectivity index (χ0n) is 10.0. The van der Waals surface area contributed by atoms with Crippen molar-refractivity contribution < 1.29 is 9.59 Å². The van der Waals surface area contributed by atoms with Crippen molar-refractivity contribution in [3.8, 4) is 0 Å². The van der Waals surface area contributed by atoms with Crippen LogP contribution in [0.3, 0.4) is 0 Å². The number of fused-ring (bicyclic) bond motifs is 1. The Bertz CT molecular complexity index is 603. The number of rotatable bonds is 1. The summed E-state index contributed by atoms with van der Waals surface area (Å²) in [5, 5.41) is 0. The Kier molecular flexibility index (Phi) is 2.37. The maximum atomic E-state index is 12.3. The van der Waals surface area contributed by atoms with Crippen LogP contribution in [0.5, 0.6) is 0 Å². The molecule has 2 aromatic carbocycles. The first kappa shape index (κ1) is 10.9. The van der Waals surface area contributed by atoms with Crippen molar-refractivity contribution in [2.75, 3.05) is 0 Å². The molecule has 0 spiro atoms. The third-order valence-electron chi connectivity index (χ3n) is 3.39. The number of benzene rings is 2. The van der Waals surface area contributed by atoms with Gasteiger partial charge in [0.05, 0.1) is 0 Å². The molecule has 18 heavy (non-hydrogen) atoms. The lowest BCUT2D eigenvalue weighted by Crippen LogP contribution is -2.12. The van der Waals surface area contributed by atoms with Crippen LogP contribution in [0.2, 0.25) is 0 Å². The van der Waals surface area contributed by atoms with Crippen LogP contribution in [0.15, 0.2) is 48.5 Å². The smallest absolute Gasteiger partial charge is 0.178 e. The first-order valence-corrected chi connectivity index (χ1v) is 5.92. The molecule has 2 nitrogen and oxygen atoms in total. The molecule has 0 bridgehead atoms. The molecule has 0 radical (unpaired) electrons. The molecular formula is C16H12O2. The molecule has 0 aromatic heterocycles. The first-order valence-electron chi connectivity index (χ1n) is 5.92. The van der Waals surface area contributed by atoms with Gasteiger partial charge in [0, 0.05) is 11.1 Å². The van der Waals surface area contributed by atoms with Gasteiger partial charge >= 0.3 is 0 Å². The van der Waals surface area contributed by atoms with Gasteiger partial charge in [-0.3, -0.25) is 9.59 Å². The zero-order chi connectivity index (χ0) is 12.7. The van der Waals surface area contributed by atoms with Crippen LogP contribution < -0.4 is 0 Å². The van der Waals surface area contributed by atoms with Crippen LogP contribution in [0, 0.1) is 6.92 Å². The Balaban J connectivity index is 2.09. The Morgan fingerprint density at radius 1 is 0.778 bits per heavy atom. The van der Waals surface area contributed by atoms with Gasteiger partial charge < -0.3 is 0 Å². The molecule has 0 unspecified atom stereocenters. The highest BCUT2D eigenvalue weighted by Crippen LogP contribution is 2.33. The highest BCUT2D eigenvalue weighted by atomic mass is 16.2. The number of Topliss-reactive ketones (excluding diaryl/α,β-unsaturated/α-hetero) is 2. The van der Waals surface area contributed by atoms with E-state index in [1.54, 1.807) is 24.3 Å². The monoisotopic (exact) mass is 236 g/mol. The summed E-state index contributed by atoms with van der Waals surface area (Å²) in [7, 11) is 0. The fourth-order valence-electron chi connectivity index (χ4n) is 2.40. The predicted molar refractivity (Wildman–Crippen MR) is 69.0 cm³/mol. The van der Waals surface area contributed by atoms with Crippen molar-refractivity contribution in [1.29, 1.82) is 0 Å². The fraction of sp³-hybridized carbons (Fsp3) is 0.125. The van der Waals surface area contributed by atoms with E-state index in [4.69, 9.17) is 0 Å². The van der Waals surface area contributed by atoms with E-state index in [9.17, 15) is 9.59 Å². The molecule has 0 saturated heterocycles. The van der Waals surface area contributed by atoms with Crippen LogP contribution >= 0.6 is 0 Å². The molecule has 0 saturated carbocycles. The number of carbonyl (C=O) groups excluding carboxylic acids is 2. The van der Waals surface area contributed by atoms with E-state index >= 15 is 0 Å². The summed E-state index contributed by atoms with van der Waals surface area (Å²) in [6.45, 7) is 1.98. The molecule has 1 aliphatic rings. The first-order chi connectivity index (χ1) is 8.68. The summed E-state index contributed by atoms with van der Waals surface area (Å²) in [5.74, 6) is -0.818. The molecule has 0 aliphatic heterocycles. The summed E-state index contributed by atoms with van der Waals surface area (Å²) < 4.78 is 0. The molecule has 88 valence electrons. The second-order valence-electron chi connectivity index (χ2n) is 4.62. The van der Waals surface area contributed by atoms with Crippen molar-refractivity contribution in [3.05, 3.63) is 70.8 Å². The minimum atomic E-state index is -0.650. The average Bonchev–Trinajstić information content (AvgIpc) is 2.64. The molecule has 0 amide bonds. The minimum absolute atomic E-state index is 0.0838. The summed E-state index contributed by atoms with van der Waals surface area (Å²) in [6, 6.07) is 14.6. The molecule has 2 heteroatoms. The number of carbonyl (C=O) groups is 2. The third-order valence-corrected chi connectivity index (χ3v) is 3.39. The van der Waals surface area contributed by atoms with Gasteiger partial charge in [-0.1, -0.05) is 54.1 Å². The van der Waals surface area contributed by atoms with E-state index in [0.29, 0.717) is 11.1 Å². The van der Waals surface area contributed by atoms with Crippen molar-refractivity contribution in [1.82, 2.24) is 0 Å². The average molecular weight is 236 g/mol. The normalized spacial score (nSPS) is 14.9. The predicted octanol–water partition coefficient (Wildman–Crippen LogP) is 3.16. The summed E-state index contributed by atoms with van der Waals surface area (Å²) in [4.78, 5) is 24.5. The number of ketones is 2. The second-order valence-corrected chi connectivity index (χ2v) is 4.62. The molecule has 1 aliphatic carbocycles. The van der Waals surface area contributed by atoms with E-state index in [-0.39, 0.29) is 11.6 Å². The molecule has 0 heterocycles. The highest BCUT2D eigenvalue weighted by molar-refractivity contribution is 6.29. The zero-order valence-corrected chi connectivity index (χ0v) is 10.0. The largest absolute Gasteiger partial charge is 0.293 e. The molecule has 0 fully saturated rings. The van der Waals surface area contributed by atoms with Gasteiger partial charge in [0.15, 0.2) is 11.6 Å². The van der Waals surface area contributed by atoms with Gasteiger partial charge in [0.1, 0.15) is 5.92 Å². The van der Waals surface area contributed by atoms with Crippen molar-refractivity contribution in [2.45, 2.75) is 12.8 Å². The standard InChI is InChI=1S/C16H12O2/c1-10-6-8-11(9-7-10)14-15(17)12-4-2-3-5-13(12)16(14)18/h2-9,14H,1H3. The van der Waals surface area contributed by atoms with E-state index < -0.39 is 5.92 Å². The molecule has 3 rings (SSSR count). The van der Waals surface area contributed by atoms with Gasteiger partial charge in [0.25, 0.3) is 0 Å². The minimum Gasteiger partial charge on any atom is -0.293 e. The van der Waals surface area contributed by atoms with Gasteiger partial charge in [-0.2, -0.15) is 0 Å². The molecule has 2 aromatic rings. The lowest BCUT2D eigenvalue weighted by Gasteiger charge is -2.07. The van der Waals surface area contributed by atoms with Crippen molar-refractivity contribution >= 4 is 11.6 Å². The topological polar surface area (TPSA) is 34.1 Å². The van der Waals surface area contributed by atoms with Crippen LogP contribution in [-0.2, 0) is 0 Å². The maximum Gasteiger partial charge on any atom is 0.178 e. The van der Waals surface area contributed by atoms with E-state index in [2.05, 4.69) is 0 Å². The fourth-order valence-corrected chi connectivity index (χ4v) is 2.40. The Labute approximate surface area is 105 Å². The lowest BCUT2D eigenvalue weighted by atomic mass is 9.94. The lowest BCUT2D eigenvalue weighted by molar-refractivity contribution is 0.0890. The summed E-state index contributed by atoms with van der Waals surface area (Å²) >= 11 is 0. The Morgan fingerprint density at radius 3 is 1.78 bits per heavy atom. The Hall–Kier alpha value is -2.22. The molecule has 0 atom stereocenters. The molecule has 0 N–H and O–H groups in total. The number of aryl methyl sites for hydroxylation is 1. The third kappa shape index (κ3) is 1.50. The van der Waals surface area contributed by atoms with E-state index in [1.165, 1.54) is 0 Å². The molecular weight excluding hydrogens is 224 g/mol. The maximum absolute atomic E-state index is 12.3.